The molecule has 0 saturated carbocycles. The molecule has 0 aliphatic rings. The van der Waals surface area contributed by atoms with Crippen LogP contribution in [0.2, 0.25) is 0 Å². The molecule has 1 aromatic carbocycles. The van der Waals surface area contributed by atoms with Crippen molar-refractivity contribution in [2.24, 2.45) is 0 Å². The molecule has 0 spiro atoms. The second-order valence-corrected chi connectivity index (χ2v) is 4.55. The van der Waals surface area contributed by atoms with Crippen molar-refractivity contribution in [3.63, 3.8) is 0 Å². The van der Waals surface area contributed by atoms with Crippen LogP contribution < -0.4 is 0 Å². The van der Waals surface area contributed by atoms with Gasteiger partial charge in [-0.25, -0.2) is 4.98 Å². The lowest BCUT2D eigenvalue weighted by Crippen LogP contribution is -1.70. The molecule has 2 aromatic heterocycles. The van der Waals surface area contributed by atoms with Crippen LogP contribution in [-0.2, 0) is 6.61 Å². The molecule has 0 amide bonds. The van der Waals surface area contributed by atoms with Gasteiger partial charge in [-0.3, -0.25) is 0 Å². The molecule has 3 rings (SSSR count). The maximum absolute atomic E-state index is 8.98. The molecule has 0 saturated heterocycles. The fourth-order valence-electron chi connectivity index (χ4n) is 1.58. The maximum atomic E-state index is 8.98. The third-order valence-corrected chi connectivity index (χ3v) is 3.34. The number of para-hydroxylation sites is 1. The molecule has 0 aliphatic carbocycles. The van der Waals surface area contributed by atoms with E-state index in [0.29, 0.717) is 0 Å². The molecule has 0 fully saturated rings. The highest BCUT2D eigenvalue weighted by Gasteiger charge is 2.09. The highest BCUT2D eigenvalue weighted by Crippen LogP contribution is 2.30. The molecule has 0 atom stereocenters. The molecule has 1 N–H and O–H groups in total. The van der Waals surface area contributed by atoms with Crippen LogP contribution in [0.15, 0.2) is 40.9 Å². The third kappa shape index (κ3) is 1.52. The van der Waals surface area contributed by atoms with Crippen LogP contribution in [0.5, 0.6) is 0 Å². The van der Waals surface area contributed by atoms with Crippen molar-refractivity contribution in [1.29, 1.82) is 0 Å². The van der Waals surface area contributed by atoms with Crippen molar-refractivity contribution in [2.75, 3.05) is 0 Å². The summed E-state index contributed by atoms with van der Waals surface area (Å²) in [7, 11) is 0. The zero-order chi connectivity index (χ0) is 11.0. The van der Waals surface area contributed by atoms with Gasteiger partial charge in [-0.1, -0.05) is 18.2 Å². The van der Waals surface area contributed by atoms with Gasteiger partial charge in [0, 0.05) is 11.6 Å². The lowest BCUT2D eigenvalue weighted by atomic mass is 10.2. The Morgan fingerprint density at radius 1 is 1.31 bits per heavy atom. The Kier molecular flexibility index (Phi) is 2.23. The molecular formula is C12H9NO2S. The molecule has 0 radical (unpaired) electrons. The van der Waals surface area contributed by atoms with Crippen LogP contribution in [-0.4, -0.2) is 10.1 Å². The summed E-state index contributed by atoms with van der Waals surface area (Å²) < 4.78 is 5.68. The minimum atomic E-state index is 0.0257. The fourth-order valence-corrected chi connectivity index (χ4v) is 2.31. The Hall–Kier alpha value is -1.65. The Balaban J connectivity index is 2.11. The van der Waals surface area contributed by atoms with Crippen LogP contribution in [0.25, 0.3) is 21.7 Å². The number of aromatic nitrogens is 1. The summed E-state index contributed by atoms with van der Waals surface area (Å²) in [5, 5.41) is 10.9. The van der Waals surface area contributed by atoms with Crippen molar-refractivity contribution in [2.45, 2.75) is 6.61 Å². The van der Waals surface area contributed by atoms with E-state index in [2.05, 4.69) is 4.98 Å². The minimum Gasteiger partial charge on any atom is -0.454 e. The van der Waals surface area contributed by atoms with E-state index in [9.17, 15) is 0 Å². The summed E-state index contributed by atoms with van der Waals surface area (Å²) in [5.41, 5.74) is 0.859. The maximum Gasteiger partial charge on any atom is 0.164 e. The van der Waals surface area contributed by atoms with Gasteiger partial charge >= 0.3 is 0 Å². The first-order valence-corrected chi connectivity index (χ1v) is 5.73. The topological polar surface area (TPSA) is 46.3 Å². The molecule has 0 bridgehead atoms. The van der Waals surface area contributed by atoms with Gasteiger partial charge in [-0.05, 0) is 12.1 Å². The van der Waals surface area contributed by atoms with E-state index in [0.717, 1.165) is 26.6 Å². The van der Waals surface area contributed by atoms with E-state index in [-0.39, 0.29) is 6.61 Å². The first kappa shape index (κ1) is 9.57. The second kappa shape index (κ2) is 3.73. The summed E-state index contributed by atoms with van der Waals surface area (Å²) in [6.45, 7) is 0.0257. The first-order valence-electron chi connectivity index (χ1n) is 4.91. The summed E-state index contributed by atoms with van der Waals surface area (Å²) in [5.74, 6) is 0.755. The highest BCUT2D eigenvalue weighted by molar-refractivity contribution is 7.14. The number of thiazole rings is 1. The van der Waals surface area contributed by atoms with Gasteiger partial charge < -0.3 is 9.52 Å². The lowest BCUT2D eigenvalue weighted by Gasteiger charge is -1.86. The predicted octanol–water partition coefficient (Wildman–Crippen LogP) is 3.05. The van der Waals surface area contributed by atoms with Crippen molar-refractivity contribution >= 4 is 22.3 Å². The fraction of sp³-hybridized carbons (Fsp3) is 0.0833. The zero-order valence-electron chi connectivity index (χ0n) is 8.38. The number of fused-ring (bicyclic) bond motifs is 1. The van der Waals surface area contributed by atoms with Crippen LogP contribution >= 0.6 is 11.3 Å². The number of benzene rings is 1. The minimum absolute atomic E-state index is 0.0257. The number of aliphatic hydroxyl groups excluding tert-OH is 1. The predicted molar refractivity (Wildman–Crippen MR) is 63.2 cm³/mol. The van der Waals surface area contributed by atoms with Gasteiger partial charge in [0.25, 0.3) is 0 Å². The molecule has 80 valence electrons. The number of furan rings is 1. The van der Waals surface area contributed by atoms with E-state index in [4.69, 9.17) is 9.52 Å². The van der Waals surface area contributed by atoms with E-state index >= 15 is 0 Å². The number of aliphatic hydroxyl groups is 1. The standard InChI is InChI=1S/C12H9NO2S/c14-7-9-6-13-12(16-9)11-5-8-3-1-2-4-10(8)15-11/h1-6,14H,7H2. The van der Waals surface area contributed by atoms with Crippen LogP contribution in [0.4, 0.5) is 0 Å². The molecule has 0 aliphatic heterocycles. The number of nitrogens with zero attached hydrogens (tertiary/aromatic N) is 1. The number of hydrogen-bond acceptors (Lipinski definition) is 4. The Morgan fingerprint density at radius 3 is 2.94 bits per heavy atom. The number of rotatable bonds is 2. The molecule has 3 nitrogen and oxygen atoms in total. The highest BCUT2D eigenvalue weighted by atomic mass is 32.1. The SMILES string of the molecule is OCc1cnc(-c2cc3ccccc3o2)s1. The summed E-state index contributed by atoms with van der Waals surface area (Å²) in [6, 6.07) is 9.82. The van der Waals surface area contributed by atoms with E-state index < -0.39 is 0 Å². The molecule has 16 heavy (non-hydrogen) atoms. The molecular weight excluding hydrogens is 222 g/mol. The van der Waals surface area contributed by atoms with Crippen molar-refractivity contribution in [1.82, 2.24) is 4.98 Å². The lowest BCUT2D eigenvalue weighted by molar-refractivity contribution is 0.285. The molecule has 4 heteroatoms. The molecule has 0 unspecified atom stereocenters. The molecule has 3 aromatic rings. The number of hydrogen-bond donors (Lipinski definition) is 1. The van der Waals surface area contributed by atoms with E-state index in [1.807, 2.05) is 30.3 Å². The van der Waals surface area contributed by atoms with E-state index in [1.165, 1.54) is 11.3 Å². The van der Waals surface area contributed by atoms with Gasteiger partial charge in [-0.15, -0.1) is 11.3 Å². The first-order chi connectivity index (χ1) is 7.86. The second-order valence-electron chi connectivity index (χ2n) is 3.44. The summed E-state index contributed by atoms with van der Waals surface area (Å²) in [4.78, 5) is 5.06. The van der Waals surface area contributed by atoms with Crippen molar-refractivity contribution in [3.05, 3.63) is 41.4 Å². The van der Waals surface area contributed by atoms with Gasteiger partial charge in [0.1, 0.15) is 5.58 Å². The summed E-state index contributed by atoms with van der Waals surface area (Å²) in [6.07, 6.45) is 1.67. The van der Waals surface area contributed by atoms with Gasteiger partial charge in [0.05, 0.1) is 11.5 Å². The van der Waals surface area contributed by atoms with Crippen LogP contribution in [0.1, 0.15) is 4.88 Å². The van der Waals surface area contributed by atoms with Gasteiger partial charge in [0.15, 0.2) is 10.8 Å². The van der Waals surface area contributed by atoms with Gasteiger partial charge in [0.2, 0.25) is 0 Å². The Labute approximate surface area is 96.0 Å². The van der Waals surface area contributed by atoms with E-state index in [1.54, 1.807) is 6.20 Å². The quantitative estimate of drug-likeness (QED) is 0.737. The molecule has 2 heterocycles. The Morgan fingerprint density at radius 2 is 2.19 bits per heavy atom. The van der Waals surface area contributed by atoms with Crippen molar-refractivity contribution in [3.8, 4) is 10.8 Å². The Bertz CT molecular complexity index is 594. The van der Waals surface area contributed by atoms with Crippen LogP contribution in [0, 0.1) is 0 Å². The normalized spacial score (nSPS) is 11.1. The largest absolute Gasteiger partial charge is 0.454 e. The smallest absolute Gasteiger partial charge is 0.164 e. The summed E-state index contributed by atoms with van der Waals surface area (Å²) >= 11 is 1.45. The average Bonchev–Trinajstić information content (AvgIpc) is 2.95. The average molecular weight is 231 g/mol. The third-order valence-electron chi connectivity index (χ3n) is 2.35. The van der Waals surface area contributed by atoms with Crippen molar-refractivity contribution < 1.29 is 9.52 Å². The zero-order valence-corrected chi connectivity index (χ0v) is 9.20. The van der Waals surface area contributed by atoms with Crippen LogP contribution in [0.3, 0.4) is 0 Å². The van der Waals surface area contributed by atoms with Gasteiger partial charge in [-0.2, -0.15) is 0 Å². The monoisotopic (exact) mass is 231 g/mol.